The van der Waals surface area contributed by atoms with E-state index >= 15 is 0 Å². The average Bonchev–Trinajstić information content (AvgIpc) is 2.68. The zero-order valence-electron chi connectivity index (χ0n) is 15.9. The number of aromatic amines is 1. The molecule has 3 heterocycles. The first-order chi connectivity index (χ1) is 12.7. The minimum Gasteiger partial charge on any atom is -0.354 e. The number of aromatic nitrogens is 2. The summed E-state index contributed by atoms with van der Waals surface area (Å²) in [6.07, 6.45) is 7.18. The molecular formula is C19H32N6O. The Hall–Kier alpha value is -1.44. The summed E-state index contributed by atoms with van der Waals surface area (Å²) >= 11 is 0. The predicted molar refractivity (Wildman–Crippen MR) is 104 cm³/mol. The summed E-state index contributed by atoms with van der Waals surface area (Å²) in [5.41, 5.74) is 1.98. The molecule has 2 fully saturated rings. The maximum atomic E-state index is 12.4. The topological polar surface area (TPSA) is 76.3 Å². The van der Waals surface area contributed by atoms with Gasteiger partial charge in [-0.1, -0.05) is 19.3 Å². The zero-order valence-corrected chi connectivity index (χ0v) is 15.9. The molecule has 4 rings (SSSR count). The van der Waals surface area contributed by atoms with E-state index in [-0.39, 0.29) is 11.1 Å². The molecule has 0 atom stereocenters. The number of piperazine rings is 1. The molecular weight excluding hydrogens is 328 g/mol. The molecule has 0 radical (unpaired) electrons. The molecule has 1 aromatic rings. The van der Waals surface area contributed by atoms with Gasteiger partial charge in [-0.15, -0.1) is 0 Å². The lowest BCUT2D eigenvalue weighted by atomic mass is 9.79. The first-order valence-electron chi connectivity index (χ1n) is 10.2. The van der Waals surface area contributed by atoms with Gasteiger partial charge >= 0.3 is 0 Å². The van der Waals surface area contributed by atoms with Gasteiger partial charge in [0.1, 0.15) is 0 Å². The molecule has 3 N–H and O–H groups in total. The molecule has 1 aromatic heterocycles. The summed E-state index contributed by atoms with van der Waals surface area (Å²) in [5.74, 6) is 0.636. The van der Waals surface area contributed by atoms with Crippen LogP contribution in [-0.4, -0.2) is 71.6 Å². The molecule has 0 unspecified atom stereocenters. The Balaban J connectivity index is 1.50. The summed E-state index contributed by atoms with van der Waals surface area (Å²) in [6, 6.07) is 0. The van der Waals surface area contributed by atoms with E-state index in [9.17, 15) is 4.79 Å². The van der Waals surface area contributed by atoms with Gasteiger partial charge in [-0.3, -0.25) is 14.7 Å². The third kappa shape index (κ3) is 3.66. The van der Waals surface area contributed by atoms with Gasteiger partial charge in [-0.05, 0) is 32.9 Å². The number of rotatable bonds is 4. The third-order valence-electron chi connectivity index (χ3n) is 6.49. The van der Waals surface area contributed by atoms with Crippen molar-refractivity contribution in [3.8, 4) is 0 Å². The highest BCUT2D eigenvalue weighted by Gasteiger charge is 2.39. The quantitative estimate of drug-likeness (QED) is 0.737. The van der Waals surface area contributed by atoms with Gasteiger partial charge in [0.15, 0.2) is 0 Å². The second-order valence-corrected chi connectivity index (χ2v) is 8.20. The maximum Gasteiger partial charge on any atom is 0.255 e. The number of hydrogen-bond acceptors (Lipinski definition) is 6. The van der Waals surface area contributed by atoms with Crippen LogP contribution in [0.5, 0.6) is 0 Å². The molecule has 144 valence electrons. The Morgan fingerprint density at radius 2 is 1.92 bits per heavy atom. The SMILES string of the molecule is CN1CCN(C2(CNc3nc4c(c(=O)[nH]3)CCNC4)CCCCC2)CC1. The molecule has 0 bridgehead atoms. The highest BCUT2D eigenvalue weighted by Crippen LogP contribution is 2.34. The number of H-pyrrole nitrogens is 1. The first kappa shape index (κ1) is 17.9. The number of anilines is 1. The van der Waals surface area contributed by atoms with Crippen LogP contribution < -0.4 is 16.2 Å². The normalized spacial score (nSPS) is 24.2. The van der Waals surface area contributed by atoms with E-state index in [1.165, 1.54) is 32.1 Å². The van der Waals surface area contributed by atoms with E-state index in [4.69, 9.17) is 4.98 Å². The summed E-state index contributed by atoms with van der Waals surface area (Å²) in [4.78, 5) is 25.1. The molecule has 3 aliphatic rings. The Morgan fingerprint density at radius 1 is 1.15 bits per heavy atom. The van der Waals surface area contributed by atoms with Crippen LogP contribution in [0, 0.1) is 0 Å². The van der Waals surface area contributed by atoms with Crippen LogP contribution >= 0.6 is 0 Å². The van der Waals surface area contributed by atoms with Crippen LogP contribution in [0.3, 0.4) is 0 Å². The van der Waals surface area contributed by atoms with Crippen LogP contribution in [0.25, 0.3) is 0 Å². The van der Waals surface area contributed by atoms with E-state index in [0.717, 1.165) is 56.9 Å². The molecule has 1 aliphatic carbocycles. The van der Waals surface area contributed by atoms with Crippen LogP contribution in [-0.2, 0) is 13.0 Å². The molecule has 26 heavy (non-hydrogen) atoms. The number of nitrogens with zero attached hydrogens (tertiary/aromatic N) is 3. The van der Waals surface area contributed by atoms with Crippen LogP contribution in [0.4, 0.5) is 5.95 Å². The largest absolute Gasteiger partial charge is 0.354 e. The smallest absolute Gasteiger partial charge is 0.255 e. The van der Waals surface area contributed by atoms with Gasteiger partial charge < -0.3 is 15.5 Å². The monoisotopic (exact) mass is 360 g/mol. The van der Waals surface area contributed by atoms with Crippen molar-refractivity contribution in [3.05, 3.63) is 21.6 Å². The van der Waals surface area contributed by atoms with E-state index < -0.39 is 0 Å². The van der Waals surface area contributed by atoms with E-state index in [2.05, 4.69) is 32.5 Å². The van der Waals surface area contributed by atoms with E-state index in [1.807, 2.05) is 0 Å². The average molecular weight is 361 g/mol. The highest BCUT2D eigenvalue weighted by molar-refractivity contribution is 5.32. The fourth-order valence-corrected chi connectivity index (χ4v) is 4.80. The van der Waals surface area contributed by atoms with Gasteiger partial charge in [0.25, 0.3) is 5.56 Å². The fraction of sp³-hybridized carbons (Fsp3) is 0.789. The Labute approximate surface area is 155 Å². The van der Waals surface area contributed by atoms with Gasteiger partial charge in [0.2, 0.25) is 5.95 Å². The van der Waals surface area contributed by atoms with Gasteiger partial charge in [-0.25, -0.2) is 4.98 Å². The van der Waals surface area contributed by atoms with Crippen molar-refractivity contribution in [2.45, 2.75) is 50.6 Å². The molecule has 0 aromatic carbocycles. The Morgan fingerprint density at radius 3 is 2.69 bits per heavy atom. The lowest BCUT2D eigenvalue weighted by Gasteiger charge is -2.49. The summed E-state index contributed by atoms with van der Waals surface area (Å²) in [7, 11) is 2.21. The Bertz CT molecular complexity index is 673. The van der Waals surface area contributed by atoms with Gasteiger partial charge in [-0.2, -0.15) is 0 Å². The summed E-state index contributed by atoms with van der Waals surface area (Å²) in [6.45, 7) is 6.97. The predicted octanol–water partition coefficient (Wildman–Crippen LogP) is 0.778. The lowest BCUT2D eigenvalue weighted by Crippen LogP contribution is -2.60. The van der Waals surface area contributed by atoms with Crippen molar-refractivity contribution in [2.75, 3.05) is 51.6 Å². The minimum atomic E-state index is 0.0243. The van der Waals surface area contributed by atoms with Crippen molar-refractivity contribution < 1.29 is 0 Å². The van der Waals surface area contributed by atoms with Crippen molar-refractivity contribution in [1.82, 2.24) is 25.1 Å². The molecule has 0 spiro atoms. The second-order valence-electron chi connectivity index (χ2n) is 8.20. The third-order valence-corrected chi connectivity index (χ3v) is 6.49. The van der Waals surface area contributed by atoms with E-state index in [1.54, 1.807) is 0 Å². The molecule has 1 saturated carbocycles. The number of nitrogens with one attached hydrogen (secondary N) is 3. The molecule has 7 heteroatoms. The first-order valence-corrected chi connectivity index (χ1v) is 10.2. The number of likely N-dealkylation sites (N-methyl/N-ethyl adjacent to an activating group) is 1. The number of hydrogen-bond donors (Lipinski definition) is 3. The molecule has 0 amide bonds. The summed E-state index contributed by atoms with van der Waals surface area (Å²) in [5, 5.41) is 6.81. The van der Waals surface area contributed by atoms with Crippen LogP contribution in [0.15, 0.2) is 4.79 Å². The molecule has 2 aliphatic heterocycles. The second kappa shape index (κ2) is 7.66. The maximum absolute atomic E-state index is 12.4. The standard InChI is InChI=1S/C19H32N6O/c1-24-9-11-25(12-10-24)19(6-3-2-4-7-19)14-21-18-22-16-13-20-8-5-15(16)17(26)23-18/h20H,2-14H2,1H3,(H2,21,22,23,26). The van der Waals surface area contributed by atoms with E-state index in [0.29, 0.717) is 12.5 Å². The van der Waals surface area contributed by atoms with Crippen LogP contribution in [0.1, 0.15) is 43.4 Å². The molecule has 1 saturated heterocycles. The van der Waals surface area contributed by atoms with Gasteiger partial charge in [0, 0.05) is 50.4 Å². The van der Waals surface area contributed by atoms with Gasteiger partial charge in [0.05, 0.1) is 5.69 Å². The minimum absolute atomic E-state index is 0.0243. The van der Waals surface area contributed by atoms with Crippen LogP contribution in [0.2, 0.25) is 0 Å². The van der Waals surface area contributed by atoms with Crippen molar-refractivity contribution in [1.29, 1.82) is 0 Å². The highest BCUT2D eigenvalue weighted by atomic mass is 16.1. The zero-order chi connectivity index (χ0) is 18.0. The van der Waals surface area contributed by atoms with Crippen molar-refractivity contribution in [2.24, 2.45) is 0 Å². The summed E-state index contributed by atoms with van der Waals surface area (Å²) < 4.78 is 0. The number of fused-ring (bicyclic) bond motifs is 1. The lowest BCUT2D eigenvalue weighted by molar-refractivity contribution is 0.0220. The Kier molecular flexibility index (Phi) is 5.29. The van der Waals surface area contributed by atoms with Crippen molar-refractivity contribution >= 4 is 5.95 Å². The molecule has 7 nitrogen and oxygen atoms in total. The fourth-order valence-electron chi connectivity index (χ4n) is 4.80. The van der Waals surface area contributed by atoms with Crippen molar-refractivity contribution in [3.63, 3.8) is 0 Å².